The number of benzene rings is 2. The van der Waals surface area contributed by atoms with Crippen molar-refractivity contribution in [2.45, 2.75) is 6.92 Å². The van der Waals surface area contributed by atoms with Gasteiger partial charge in [-0.25, -0.2) is 0 Å². The molecule has 1 heterocycles. The lowest BCUT2D eigenvalue weighted by Gasteiger charge is -2.08. The van der Waals surface area contributed by atoms with Crippen LogP contribution >= 0.6 is 11.6 Å². The molecule has 2 N–H and O–H groups in total. The molecule has 162 valence electrons. The second-order valence-electron chi connectivity index (χ2n) is 6.46. The lowest BCUT2D eigenvalue weighted by molar-refractivity contribution is -0.123. The molecule has 9 nitrogen and oxygen atoms in total. The molecule has 2 aromatic carbocycles. The van der Waals surface area contributed by atoms with Crippen LogP contribution in [-0.4, -0.2) is 48.8 Å². The van der Waals surface area contributed by atoms with E-state index in [2.05, 4.69) is 20.8 Å². The van der Waals surface area contributed by atoms with E-state index >= 15 is 0 Å². The minimum Gasteiger partial charge on any atom is -0.497 e. The van der Waals surface area contributed by atoms with Crippen molar-refractivity contribution in [1.29, 1.82) is 0 Å². The molecular formula is C21H21ClN4O5. The molecule has 0 atom stereocenters. The van der Waals surface area contributed by atoms with Crippen LogP contribution in [0.25, 0.3) is 11.4 Å². The van der Waals surface area contributed by atoms with Crippen LogP contribution in [0.1, 0.15) is 16.2 Å². The summed E-state index contributed by atoms with van der Waals surface area (Å²) in [6, 6.07) is 12.2. The number of ether oxygens (including phenoxy) is 2. The molecule has 0 aliphatic rings. The van der Waals surface area contributed by atoms with Gasteiger partial charge in [0.15, 0.2) is 6.61 Å². The van der Waals surface area contributed by atoms with E-state index in [1.807, 2.05) is 6.92 Å². The lowest BCUT2D eigenvalue weighted by Crippen LogP contribution is -2.36. The zero-order valence-corrected chi connectivity index (χ0v) is 17.7. The Bertz CT molecular complexity index is 1050. The third kappa shape index (κ3) is 6.19. The van der Waals surface area contributed by atoms with Crippen molar-refractivity contribution < 1.29 is 23.6 Å². The summed E-state index contributed by atoms with van der Waals surface area (Å²) in [5.74, 6) is 0.514. The number of rotatable bonds is 9. The van der Waals surface area contributed by atoms with Crippen LogP contribution in [0.5, 0.6) is 11.5 Å². The molecule has 1 aromatic heterocycles. The number of carbonyl (C=O) groups is 2. The van der Waals surface area contributed by atoms with Crippen LogP contribution in [0.3, 0.4) is 0 Å². The van der Waals surface area contributed by atoms with Crippen LogP contribution in [-0.2, 0) is 4.79 Å². The molecule has 0 aliphatic heterocycles. The van der Waals surface area contributed by atoms with E-state index < -0.39 is 5.91 Å². The molecule has 0 saturated heterocycles. The van der Waals surface area contributed by atoms with Crippen molar-refractivity contribution in [3.8, 4) is 22.9 Å². The highest BCUT2D eigenvalue weighted by molar-refractivity contribution is 6.31. The normalized spacial score (nSPS) is 10.4. The Balaban J connectivity index is 1.39. The molecule has 10 heteroatoms. The minimum absolute atomic E-state index is 0.149. The number of carbonyl (C=O) groups excluding carboxylic acids is 2. The van der Waals surface area contributed by atoms with E-state index in [0.29, 0.717) is 22.1 Å². The summed E-state index contributed by atoms with van der Waals surface area (Å²) >= 11 is 5.95. The number of amides is 2. The van der Waals surface area contributed by atoms with Gasteiger partial charge in [-0.2, -0.15) is 4.98 Å². The summed E-state index contributed by atoms with van der Waals surface area (Å²) in [7, 11) is 1.57. The highest BCUT2D eigenvalue weighted by Gasteiger charge is 2.16. The Kier molecular flexibility index (Phi) is 7.45. The standard InChI is InChI=1S/C21H21ClN4O5/c1-13-11-16(7-8-17(13)22)30-12-18(27)23-9-10-24-20(28)21-25-19(26-31-21)14-3-5-15(29-2)6-4-14/h3-8,11H,9-10,12H2,1-2H3,(H,23,27)(H,24,28). The first kappa shape index (κ1) is 22.1. The number of nitrogens with zero attached hydrogens (tertiary/aromatic N) is 2. The smallest absolute Gasteiger partial charge is 0.316 e. The average Bonchev–Trinajstić information content (AvgIpc) is 3.28. The number of aromatic nitrogens is 2. The van der Waals surface area contributed by atoms with E-state index in [1.54, 1.807) is 49.6 Å². The van der Waals surface area contributed by atoms with Gasteiger partial charge in [0.2, 0.25) is 5.82 Å². The zero-order valence-electron chi connectivity index (χ0n) is 17.0. The monoisotopic (exact) mass is 444 g/mol. The second-order valence-corrected chi connectivity index (χ2v) is 6.86. The van der Waals surface area contributed by atoms with Crippen molar-refractivity contribution in [3.05, 3.63) is 58.9 Å². The molecule has 2 amide bonds. The van der Waals surface area contributed by atoms with Gasteiger partial charge in [0.25, 0.3) is 5.91 Å². The maximum Gasteiger partial charge on any atom is 0.316 e. The average molecular weight is 445 g/mol. The van der Waals surface area contributed by atoms with Crippen LogP contribution < -0.4 is 20.1 Å². The van der Waals surface area contributed by atoms with E-state index in [0.717, 1.165) is 5.56 Å². The van der Waals surface area contributed by atoms with Gasteiger partial charge in [0.1, 0.15) is 11.5 Å². The molecule has 0 fully saturated rings. The second kappa shape index (κ2) is 10.4. The fraction of sp³-hybridized carbons (Fsp3) is 0.238. The topological polar surface area (TPSA) is 116 Å². The quantitative estimate of drug-likeness (QED) is 0.487. The molecule has 0 spiro atoms. The summed E-state index contributed by atoms with van der Waals surface area (Å²) < 4.78 is 15.5. The molecule has 3 rings (SSSR count). The van der Waals surface area contributed by atoms with Gasteiger partial charge in [-0.1, -0.05) is 16.8 Å². The summed E-state index contributed by atoms with van der Waals surface area (Å²) in [6.07, 6.45) is 0. The van der Waals surface area contributed by atoms with Crippen molar-refractivity contribution >= 4 is 23.4 Å². The van der Waals surface area contributed by atoms with Crippen molar-refractivity contribution in [1.82, 2.24) is 20.8 Å². The molecule has 0 saturated carbocycles. The van der Waals surface area contributed by atoms with Crippen LogP contribution in [0.15, 0.2) is 47.0 Å². The number of hydrogen-bond donors (Lipinski definition) is 2. The predicted octanol–water partition coefficient (Wildman–Crippen LogP) is 2.63. The van der Waals surface area contributed by atoms with Gasteiger partial charge in [-0.3, -0.25) is 9.59 Å². The molecule has 0 aliphatic carbocycles. The fourth-order valence-electron chi connectivity index (χ4n) is 2.53. The largest absolute Gasteiger partial charge is 0.497 e. The Hall–Kier alpha value is -3.59. The van der Waals surface area contributed by atoms with Gasteiger partial charge in [0.05, 0.1) is 7.11 Å². The van der Waals surface area contributed by atoms with E-state index in [4.69, 9.17) is 25.6 Å². The Morgan fingerprint density at radius 2 is 1.77 bits per heavy atom. The van der Waals surface area contributed by atoms with Crippen molar-refractivity contribution in [2.24, 2.45) is 0 Å². The number of hydrogen-bond acceptors (Lipinski definition) is 7. The van der Waals surface area contributed by atoms with E-state index in [1.165, 1.54) is 0 Å². The van der Waals surface area contributed by atoms with Crippen LogP contribution in [0.2, 0.25) is 5.02 Å². The first-order chi connectivity index (χ1) is 15.0. The fourth-order valence-corrected chi connectivity index (χ4v) is 2.65. The van der Waals surface area contributed by atoms with E-state index in [9.17, 15) is 9.59 Å². The summed E-state index contributed by atoms with van der Waals surface area (Å²) in [5, 5.41) is 9.68. The highest BCUT2D eigenvalue weighted by Crippen LogP contribution is 2.21. The number of methoxy groups -OCH3 is 1. The molecule has 0 radical (unpaired) electrons. The van der Waals surface area contributed by atoms with Crippen molar-refractivity contribution in [2.75, 3.05) is 26.8 Å². The van der Waals surface area contributed by atoms with Gasteiger partial charge in [0, 0.05) is 23.7 Å². The maximum absolute atomic E-state index is 12.1. The first-order valence-electron chi connectivity index (χ1n) is 9.38. The first-order valence-corrected chi connectivity index (χ1v) is 9.76. The molecular weight excluding hydrogens is 424 g/mol. The zero-order chi connectivity index (χ0) is 22.2. The Morgan fingerprint density at radius 3 is 2.48 bits per heavy atom. The van der Waals surface area contributed by atoms with Gasteiger partial charge in [-0.15, -0.1) is 0 Å². The van der Waals surface area contributed by atoms with Gasteiger partial charge in [-0.05, 0) is 55.0 Å². The number of nitrogens with one attached hydrogen (secondary N) is 2. The van der Waals surface area contributed by atoms with Crippen LogP contribution in [0.4, 0.5) is 0 Å². The molecule has 3 aromatic rings. The Morgan fingerprint density at radius 1 is 1.06 bits per heavy atom. The molecule has 31 heavy (non-hydrogen) atoms. The molecule has 0 bridgehead atoms. The van der Waals surface area contributed by atoms with Gasteiger partial charge >= 0.3 is 11.8 Å². The highest BCUT2D eigenvalue weighted by atomic mass is 35.5. The third-order valence-electron chi connectivity index (χ3n) is 4.20. The number of halogens is 1. The minimum atomic E-state index is -0.533. The van der Waals surface area contributed by atoms with E-state index in [-0.39, 0.29) is 37.3 Å². The van der Waals surface area contributed by atoms with Crippen molar-refractivity contribution in [3.63, 3.8) is 0 Å². The summed E-state index contributed by atoms with van der Waals surface area (Å²) in [5.41, 5.74) is 1.55. The Labute approximate surface area is 183 Å². The van der Waals surface area contributed by atoms with Crippen LogP contribution in [0, 0.1) is 6.92 Å². The summed E-state index contributed by atoms with van der Waals surface area (Å²) in [6.45, 7) is 2.10. The lowest BCUT2D eigenvalue weighted by atomic mass is 10.2. The summed E-state index contributed by atoms with van der Waals surface area (Å²) in [4.78, 5) is 28.1. The maximum atomic E-state index is 12.1. The predicted molar refractivity (Wildman–Crippen MR) is 113 cm³/mol. The van der Waals surface area contributed by atoms with Gasteiger partial charge < -0.3 is 24.6 Å². The third-order valence-corrected chi connectivity index (χ3v) is 4.62. The molecule has 0 unspecified atom stereocenters. The SMILES string of the molecule is COc1ccc(-c2noc(C(=O)NCCNC(=O)COc3ccc(Cl)c(C)c3)n2)cc1. The number of aryl methyl sites for hydroxylation is 1.